The standard InChI is InChI=1S/C18H29NO2/c1-18(2,20)11-10-15-6-8-16(9-7-15)13-19-12-4-5-17(19)14-21-3/h6-9,17,20H,4-5,10-14H2,1-3H3/t17-/m0/s1. The minimum Gasteiger partial charge on any atom is -0.390 e. The van der Waals surface area contributed by atoms with Gasteiger partial charge < -0.3 is 9.84 Å². The molecular weight excluding hydrogens is 262 g/mol. The smallest absolute Gasteiger partial charge is 0.0618 e. The molecule has 1 atom stereocenters. The lowest BCUT2D eigenvalue weighted by molar-refractivity contribution is 0.0714. The van der Waals surface area contributed by atoms with Crippen LogP contribution in [0.4, 0.5) is 0 Å². The Hall–Kier alpha value is -0.900. The third-order valence-corrected chi connectivity index (χ3v) is 4.29. The van der Waals surface area contributed by atoms with Crippen LogP contribution in [0.25, 0.3) is 0 Å². The van der Waals surface area contributed by atoms with Gasteiger partial charge in [-0.2, -0.15) is 0 Å². The summed E-state index contributed by atoms with van der Waals surface area (Å²) in [5, 5.41) is 9.78. The molecule has 0 radical (unpaired) electrons. The van der Waals surface area contributed by atoms with E-state index >= 15 is 0 Å². The molecule has 1 fully saturated rings. The summed E-state index contributed by atoms with van der Waals surface area (Å²) < 4.78 is 5.31. The summed E-state index contributed by atoms with van der Waals surface area (Å²) in [6.07, 6.45) is 4.25. The van der Waals surface area contributed by atoms with Crippen molar-refractivity contribution in [3.8, 4) is 0 Å². The third-order valence-electron chi connectivity index (χ3n) is 4.29. The minimum absolute atomic E-state index is 0.574. The van der Waals surface area contributed by atoms with Crippen LogP contribution in [0.15, 0.2) is 24.3 Å². The summed E-state index contributed by atoms with van der Waals surface area (Å²) in [5.41, 5.74) is 2.09. The molecule has 1 saturated heterocycles. The van der Waals surface area contributed by atoms with Gasteiger partial charge in [-0.3, -0.25) is 4.90 Å². The van der Waals surface area contributed by atoms with E-state index in [1.165, 1.54) is 30.5 Å². The van der Waals surface area contributed by atoms with Crippen molar-refractivity contribution in [2.24, 2.45) is 0 Å². The molecular formula is C18H29NO2. The molecule has 1 N–H and O–H groups in total. The van der Waals surface area contributed by atoms with Gasteiger partial charge in [0.1, 0.15) is 0 Å². The largest absolute Gasteiger partial charge is 0.390 e. The van der Waals surface area contributed by atoms with Gasteiger partial charge in [0.25, 0.3) is 0 Å². The van der Waals surface area contributed by atoms with Gasteiger partial charge in [0, 0.05) is 19.7 Å². The second kappa shape index (κ2) is 7.39. The molecule has 0 bridgehead atoms. The van der Waals surface area contributed by atoms with Gasteiger partial charge >= 0.3 is 0 Å². The van der Waals surface area contributed by atoms with Crippen LogP contribution in [0.3, 0.4) is 0 Å². The molecule has 118 valence electrons. The van der Waals surface area contributed by atoms with Crippen LogP contribution in [0, 0.1) is 0 Å². The van der Waals surface area contributed by atoms with Crippen LogP contribution in [0.1, 0.15) is 44.2 Å². The molecule has 3 heteroatoms. The fourth-order valence-corrected chi connectivity index (χ4v) is 2.98. The molecule has 3 nitrogen and oxygen atoms in total. The normalized spacial score (nSPS) is 20.1. The fraction of sp³-hybridized carbons (Fsp3) is 0.667. The molecule has 0 saturated carbocycles. The summed E-state index contributed by atoms with van der Waals surface area (Å²) >= 11 is 0. The predicted molar refractivity (Wildman–Crippen MR) is 86.4 cm³/mol. The number of methoxy groups -OCH3 is 1. The van der Waals surface area contributed by atoms with Gasteiger partial charge in [0.15, 0.2) is 0 Å². The first-order valence-corrected chi connectivity index (χ1v) is 8.01. The Balaban J connectivity index is 1.87. The Morgan fingerprint density at radius 1 is 1.24 bits per heavy atom. The summed E-state index contributed by atoms with van der Waals surface area (Å²) in [6.45, 7) is 6.76. The Kier molecular flexibility index (Phi) is 5.80. The highest BCUT2D eigenvalue weighted by Gasteiger charge is 2.24. The number of hydrogen-bond donors (Lipinski definition) is 1. The summed E-state index contributed by atoms with van der Waals surface area (Å²) in [5.74, 6) is 0. The molecule has 1 aliphatic heterocycles. The van der Waals surface area contributed by atoms with Crippen LogP contribution < -0.4 is 0 Å². The van der Waals surface area contributed by atoms with Crippen molar-refractivity contribution in [1.29, 1.82) is 0 Å². The van der Waals surface area contributed by atoms with E-state index in [1.54, 1.807) is 7.11 Å². The highest BCUT2D eigenvalue weighted by Crippen LogP contribution is 2.21. The van der Waals surface area contributed by atoms with E-state index in [0.717, 1.165) is 26.0 Å². The number of benzene rings is 1. The van der Waals surface area contributed by atoms with E-state index in [1.807, 2.05) is 13.8 Å². The number of hydrogen-bond acceptors (Lipinski definition) is 3. The maximum absolute atomic E-state index is 9.78. The summed E-state index contributed by atoms with van der Waals surface area (Å²) in [4.78, 5) is 2.52. The molecule has 1 aromatic carbocycles. The van der Waals surface area contributed by atoms with Crippen LogP contribution in [-0.2, 0) is 17.7 Å². The van der Waals surface area contributed by atoms with Crippen molar-refractivity contribution < 1.29 is 9.84 Å². The summed E-state index contributed by atoms with van der Waals surface area (Å²) in [7, 11) is 1.79. The number of aryl methyl sites for hydroxylation is 1. The molecule has 2 rings (SSSR count). The zero-order chi connectivity index (χ0) is 15.3. The van der Waals surface area contributed by atoms with Gasteiger partial charge in [0.2, 0.25) is 0 Å². The molecule has 0 amide bonds. The average molecular weight is 291 g/mol. The molecule has 0 aliphatic carbocycles. The number of ether oxygens (including phenoxy) is 1. The highest BCUT2D eigenvalue weighted by molar-refractivity contribution is 5.23. The lowest BCUT2D eigenvalue weighted by Gasteiger charge is -2.24. The lowest BCUT2D eigenvalue weighted by Crippen LogP contribution is -2.32. The maximum atomic E-state index is 9.78. The van der Waals surface area contributed by atoms with Crippen molar-refractivity contribution in [2.75, 3.05) is 20.3 Å². The zero-order valence-corrected chi connectivity index (χ0v) is 13.6. The first kappa shape index (κ1) is 16.5. The second-order valence-corrected chi connectivity index (χ2v) is 6.85. The maximum Gasteiger partial charge on any atom is 0.0618 e. The van der Waals surface area contributed by atoms with E-state index in [9.17, 15) is 5.11 Å². The van der Waals surface area contributed by atoms with Crippen LogP contribution in [0.2, 0.25) is 0 Å². The quantitative estimate of drug-likeness (QED) is 0.838. The van der Waals surface area contributed by atoms with E-state index in [4.69, 9.17) is 4.74 Å². The average Bonchev–Trinajstić information content (AvgIpc) is 2.85. The molecule has 0 unspecified atom stereocenters. The Morgan fingerprint density at radius 3 is 2.52 bits per heavy atom. The van der Waals surface area contributed by atoms with Crippen molar-refractivity contribution in [3.05, 3.63) is 35.4 Å². The van der Waals surface area contributed by atoms with Crippen molar-refractivity contribution >= 4 is 0 Å². The van der Waals surface area contributed by atoms with E-state index in [-0.39, 0.29) is 0 Å². The monoisotopic (exact) mass is 291 g/mol. The Labute approximate surface area is 128 Å². The van der Waals surface area contributed by atoms with Crippen LogP contribution >= 0.6 is 0 Å². The molecule has 1 aromatic rings. The Morgan fingerprint density at radius 2 is 1.90 bits per heavy atom. The third kappa shape index (κ3) is 5.42. The van der Waals surface area contributed by atoms with Gasteiger partial charge in [-0.1, -0.05) is 24.3 Å². The zero-order valence-electron chi connectivity index (χ0n) is 13.6. The van der Waals surface area contributed by atoms with Crippen molar-refractivity contribution in [1.82, 2.24) is 4.90 Å². The molecule has 0 aromatic heterocycles. The van der Waals surface area contributed by atoms with E-state index in [2.05, 4.69) is 29.2 Å². The van der Waals surface area contributed by atoms with Crippen LogP contribution in [0.5, 0.6) is 0 Å². The number of rotatable bonds is 7. The number of aliphatic hydroxyl groups is 1. The topological polar surface area (TPSA) is 32.7 Å². The van der Waals surface area contributed by atoms with Gasteiger partial charge in [-0.15, -0.1) is 0 Å². The molecule has 1 heterocycles. The summed E-state index contributed by atoms with van der Waals surface area (Å²) in [6, 6.07) is 9.42. The predicted octanol–water partition coefficient (Wildman–Crippen LogP) is 3.00. The SMILES string of the molecule is COC[C@@H]1CCCN1Cc1ccc(CCC(C)(C)O)cc1. The van der Waals surface area contributed by atoms with Crippen molar-refractivity contribution in [2.45, 2.75) is 57.7 Å². The van der Waals surface area contributed by atoms with Gasteiger partial charge in [0.05, 0.1) is 12.2 Å². The van der Waals surface area contributed by atoms with E-state index in [0.29, 0.717) is 6.04 Å². The lowest BCUT2D eigenvalue weighted by atomic mass is 9.98. The molecule has 0 spiro atoms. The van der Waals surface area contributed by atoms with Crippen LogP contribution in [-0.4, -0.2) is 41.9 Å². The minimum atomic E-state index is -0.582. The number of likely N-dealkylation sites (tertiary alicyclic amines) is 1. The van der Waals surface area contributed by atoms with Gasteiger partial charge in [-0.25, -0.2) is 0 Å². The Bertz CT molecular complexity index is 422. The second-order valence-electron chi connectivity index (χ2n) is 6.85. The number of nitrogens with zero attached hydrogens (tertiary/aromatic N) is 1. The first-order chi connectivity index (χ1) is 9.98. The fourth-order valence-electron chi connectivity index (χ4n) is 2.98. The van der Waals surface area contributed by atoms with E-state index < -0.39 is 5.60 Å². The van der Waals surface area contributed by atoms with Crippen molar-refractivity contribution in [3.63, 3.8) is 0 Å². The van der Waals surface area contributed by atoms with Gasteiger partial charge in [-0.05, 0) is 57.2 Å². The highest BCUT2D eigenvalue weighted by atomic mass is 16.5. The first-order valence-electron chi connectivity index (χ1n) is 8.01. The molecule has 21 heavy (non-hydrogen) atoms. The molecule has 1 aliphatic rings.